The van der Waals surface area contributed by atoms with E-state index in [1.54, 1.807) is 6.07 Å². The number of morpholine rings is 1. The Kier molecular flexibility index (Phi) is 9.89. The summed E-state index contributed by atoms with van der Waals surface area (Å²) in [6.07, 6.45) is 4.00. The van der Waals surface area contributed by atoms with E-state index in [1.165, 1.54) is 12.3 Å². The van der Waals surface area contributed by atoms with Crippen molar-refractivity contribution < 1.29 is 28.0 Å². The van der Waals surface area contributed by atoms with Crippen molar-refractivity contribution in [3.8, 4) is 0 Å². The lowest BCUT2D eigenvalue weighted by Gasteiger charge is -2.27. The number of amides is 1. The molecule has 2 fully saturated rings. The van der Waals surface area contributed by atoms with Crippen molar-refractivity contribution in [2.45, 2.75) is 43.9 Å². The Labute approximate surface area is 214 Å². The first-order chi connectivity index (χ1) is 16.8. The third-order valence-corrected chi connectivity index (χ3v) is 8.30. The van der Waals surface area contributed by atoms with Gasteiger partial charge < -0.3 is 25.0 Å². The van der Waals surface area contributed by atoms with Crippen LogP contribution in [0.5, 0.6) is 0 Å². The van der Waals surface area contributed by atoms with Gasteiger partial charge in [-0.2, -0.15) is 0 Å². The molecule has 0 radical (unpaired) electrons. The minimum Gasteiger partial charge on any atom is -0.426 e. The number of carbonyl (C=O) groups is 1. The molecule has 1 aromatic carbocycles. The minimum absolute atomic E-state index is 0. The molecule has 36 heavy (non-hydrogen) atoms. The molecule has 4 rings (SSSR count). The topological polar surface area (TPSA) is 129 Å². The Morgan fingerprint density at radius 1 is 1.14 bits per heavy atom. The Balaban J connectivity index is 0.00000361. The molecular formula is C25H36BN3O6S. The van der Waals surface area contributed by atoms with Crippen LogP contribution in [-0.4, -0.2) is 74.5 Å². The van der Waals surface area contributed by atoms with Gasteiger partial charge in [-0.3, -0.25) is 4.79 Å². The van der Waals surface area contributed by atoms with Crippen LogP contribution in [0.15, 0.2) is 53.6 Å². The molecule has 0 spiro atoms. The number of hydrogen-bond donors (Lipinski definition) is 3. The lowest BCUT2D eigenvalue weighted by atomic mass is 9.76. The number of ether oxygens (including phenoxy) is 1. The quantitative estimate of drug-likeness (QED) is 0.383. The molecule has 3 N–H and O–H groups in total. The number of nitrogens with one attached hydrogen (secondary N) is 1. The van der Waals surface area contributed by atoms with Crippen LogP contribution in [0.25, 0.3) is 0 Å². The average molecular weight is 517 g/mol. The van der Waals surface area contributed by atoms with Crippen LogP contribution in [0.4, 0.5) is 5.82 Å². The van der Waals surface area contributed by atoms with Crippen molar-refractivity contribution in [3.63, 3.8) is 0 Å². The van der Waals surface area contributed by atoms with E-state index in [1.807, 2.05) is 35.2 Å². The molecule has 1 aliphatic carbocycles. The Hall–Kier alpha value is -2.47. The molecule has 1 saturated heterocycles. The highest BCUT2D eigenvalue weighted by Crippen LogP contribution is 2.33. The van der Waals surface area contributed by atoms with Crippen LogP contribution in [0.1, 0.15) is 32.3 Å². The van der Waals surface area contributed by atoms with Gasteiger partial charge in [0.25, 0.3) is 0 Å². The molecule has 1 amide bonds. The molecule has 2 heterocycles. The number of anilines is 1. The summed E-state index contributed by atoms with van der Waals surface area (Å²) in [7, 11) is -5.53. The van der Waals surface area contributed by atoms with Gasteiger partial charge in [-0.1, -0.05) is 50.6 Å². The third kappa shape index (κ3) is 7.77. The van der Waals surface area contributed by atoms with Gasteiger partial charge in [0, 0.05) is 19.3 Å². The fourth-order valence-electron chi connectivity index (χ4n) is 4.29. The Morgan fingerprint density at radius 3 is 2.42 bits per heavy atom. The second-order valence-corrected chi connectivity index (χ2v) is 11.4. The highest BCUT2D eigenvalue weighted by molar-refractivity contribution is 7.91. The maximum Gasteiger partial charge on any atom is 0.475 e. The molecule has 196 valence electrons. The number of nitrogens with zero attached hydrogens (tertiary/aromatic N) is 2. The third-order valence-electron chi connectivity index (χ3n) is 6.50. The minimum atomic E-state index is -3.83. The van der Waals surface area contributed by atoms with Crippen molar-refractivity contribution >= 4 is 28.7 Å². The van der Waals surface area contributed by atoms with Gasteiger partial charge in [0.1, 0.15) is 5.82 Å². The summed E-state index contributed by atoms with van der Waals surface area (Å²) in [6.45, 7) is 2.58. The van der Waals surface area contributed by atoms with Crippen molar-refractivity contribution in [2.75, 3.05) is 37.0 Å². The zero-order valence-corrected chi connectivity index (χ0v) is 20.4. The van der Waals surface area contributed by atoms with Crippen LogP contribution < -0.4 is 10.2 Å². The number of sulfone groups is 1. The molecule has 1 saturated carbocycles. The predicted octanol–water partition coefficient (Wildman–Crippen LogP) is 1.48. The summed E-state index contributed by atoms with van der Waals surface area (Å²) >= 11 is 0. The Bertz CT molecular complexity index is 1070. The fraction of sp³-hybridized carbons (Fsp3) is 0.520. The van der Waals surface area contributed by atoms with Gasteiger partial charge >= 0.3 is 7.12 Å². The molecular weight excluding hydrogens is 481 g/mol. The largest absolute Gasteiger partial charge is 0.475 e. The van der Waals surface area contributed by atoms with Crippen molar-refractivity contribution in [1.82, 2.24) is 10.3 Å². The summed E-state index contributed by atoms with van der Waals surface area (Å²) < 4.78 is 31.9. The number of rotatable bonds is 11. The number of pyridine rings is 1. The van der Waals surface area contributed by atoms with Gasteiger partial charge in [-0.05, 0) is 36.5 Å². The van der Waals surface area contributed by atoms with E-state index < -0.39 is 40.5 Å². The highest BCUT2D eigenvalue weighted by atomic mass is 32.2. The summed E-state index contributed by atoms with van der Waals surface area (Å²) in [5.74, 6) is -1.61. The smallest absolute Gasteiger partial charge is 0.426 e. The van der Waals surface area contributed by atoms with Crippen molar-refractivity contribution in [2.24, 2.45) is 11.8 Å². The van der Waals surface area contributed by atoms with Crippen molar-refractivity contribution in [3.05, 3.63) is 54.2 Å². The van der Waals surface area contributed by atoms with Crippen LogP contribution in [0, 0.1) is 11.8 Å². The van der Waals surface area contributed by atoms with E-state index in [0.29, 0.717) is 44.5 Å². The van der Waals surface area contributed by atoms with Crippen LogP contribution in [0.3, 0.4) is 0 Å². The molecule has 0 unspecified atom stereocenters. The molecule has 1 aromatic heterocycles. The van der Waals surface area contributed by atoms with E-state index in [2.05, 4.69) is 10.3 Å². The van der Waals surface area contributed by atoms with E-state index in [0.717, 1.165) is 18.4 Å². The van der Waals surface area contributed by atoms with Gasteiger partial charge in [0.2, 0.25) is 5.91 Å². The second-order valence-electron chi connectivity index (χ2n) is 9.33. The lowest BCUT2D eigenvalue weighted by molar-refractivity contribution is -0.124. The molecule has 0 bridgehead atoms. The number of aromatic nitrogens is 1. The van der Waals surface area contributed by atoms with Gasteiger partial charge in [-0.25, -0.2) is 13.4 Å². The van der Waals surface area contributed by atoms with Crippen molar-refractivity contribution in [1.29, 1.82) is 0 Å². The van der Waals surface area contributed by atoms with E-state index in [4.69, 9.17) is 4.74 Å². The normalized spacial score (nSPS) is 17.6. The van der Waals surface area contributed by atoms with E-state index in [9.17, 15) is 23.3 Å². The number of carbonyl (C=O) groups excluding carboxylic acids is 1. The van der Waals surface area contributed by atoms with Crippen LogP contribution >= 0.6 is 0 Å². The standard InChI is InChI=1S/C24H32BN3O6S.CH4/c29-24(27-22(25(30)31)15-19-6-7-19)20(14-18-4-2-1-3-5-18)17-35(32,33)21-8-9-23(26-16-21)28-10-12-34-13-11-28;/h1-5,8-9,16,19-20,22,30-31H,6-7,10-15,17H2,(H,27,29);1H4/t20-,22+;/m1./s1. The molecule has 11 heteroatoms. The first-order valence-corrected chi connectivity index (χ1v) is 13.7. The van der Waals surface area contributed by atoms with Gasteiger partial charge in [0.05, 0.1) is 35.7 Å². The molecule has 9 nitrogen and oxygen atoms in total. The van der Waals surface area contributed by atoms with E-state index in [-0.39, 0.29) is 18.7 Å². The summed E-state index contributed by atoms with van der Waals surface area (Å²) in [5.41, 5.74) is 0.826. The van der Waals surface area contributed by atoms with Gasteiger partial charge in [-0.15, -0.1) is 0 Å². The number of benzene rings is 1. The van der Waals surface area contributed by atoms with Gasteiger partial charge in [0.15, 0.2) is 9.84 Å². The number of hydrogen-bond acceptors (Lipinski definition) is 8. The maximum atomic E-state index is 13.3. The second kappa shape index (κ2) is 12.7. The Morgan fingerprint density at radius 2 is 1.83 bits per heavy atom. The molecule has 2 aliphatic rings. The lowest BCUT2D eigenvalue weighted by Crippen LogP contribution is -2.50. The first-order valence-electron chi connectivity index (χ1n) is 12.0. The van der Waals surface area contributed by atoms with Crippen LogP contribution in [0.2, 0.25) is 0 Å². The zero-order valence-electron chi connectivity index (χ0n) is 19.6. The SMILES string of the molecule is C.O=C(N[C@@H](CC1CC1)B(O)O)[C@H](Cc1ccccc1)CS(=O)(=O)c1ccc(N2CCOCC2)nc1. The first kappa shape index (κ1) is 28.1. The average Bonchev–Trinajstić information content (AvgIpc) is 3.68. The summed E-state index contributed by atoms with van der Waals surface area (Å²) in [6, 6.07) is 12.4. The van der Waals surface area contributed by atoms with E-state index >= 15 is 0 Å². The highest BCUT2D eigenvalue weighted by Gasteiger charge is 2.35. The maximum absolute atomic E-state index is 13.3. The zero-order chi connectivity index (χ0) is 24.8. The molecule has 2 aromatic rings. The monoisotopic (exact) mass is 517 g/mol. The summed E-state index contributed by atoms with van der Waals surface area (Å²) in [5, 5.41) is 22.2. The predicted molar refractivity (Wildman–Crippen MR) is 139 cm³/mol. The summed E-state index contributed by atoms with van der Waals surface area (Å²) in [4.78, 5) is 19.6. The van der Waals surface area contributed by atoms with Crippen LogP contribution in [-0.2, 0) is 25.8 Å². The molecule has 2 atom stereocenters. The molecule has 1 aliphatic heterocycles. The fourth-order valence-corrected chi connectivity index (χ4v) is 5.77.